The van der Waals surface area contributed by atoms with Crippen LogP contribution in [0, 0.1) is 0 Å². The second kappa shape index (κ2) is 10.6. The molecule has 0 N–H and O–H groups in total. The Kier molecular flexibility index (Phi) is 7.90. The van der Waals surface area contributed by atoms with Gasteiger partial charge in [0.05, 0.1) is 24.4 Å². The molecule has 0 aliphatic rings. The third-order valence-corrected chi connectivity index (χ3v) is 5.93. The Bertz CT molecular complexity index is 1080. The van der Waals surface area contributed by atoms with E-state index in [1.165, 1.54) is 11.3 Å². The molecule has 3 aromatic rings. The zero-order valence-electron chi connectivity index (χ0n) is 18.1. The summed E-state index contributed by atoms with van der Waals surface area (Å²) in [6, 6.07) is 11.1. The Hall–Kier alpha value is -2.61. The molecule has 0 saturated heterocycles. The Balaban J connectivity index is 1.85. The number of fused-ring (bicyclic) bond motifs is 1. The number of hydrogen-bond donors (Lipinski definition) is 0. The Morgan fingerprint density at radius 3 is 2.58 bits per heavy atom. The van der Waals surface area contributed by atoms with Crippen molar-refractivity contribution in [1.29, 1.82) is 0 Å². The first-order chi connectivity index (χ1) is 14.9. The SMILES string of the molecule is COc1ccc(/C=C/C(=O)N(CCCN(C)C)c2nc3ccc(Cl)cc3s2)cc1OC. The van der Waals surface area contributed by atoms with E-state index in [2.05, 4.69) is 9.88 Å². The fourth-order valence-electron chi connectivity index (χ4n) is 3.06. The molecule has 0 atom stereocenters. The number of amides is 1. The monoisotopic (exact) mass is 459 g/mol. The van der Waals surface area contributed by atoms with Gasteiger partial charge in [-0.15, -0.1) is 0 Å². The minimum absolute atomic E-state index is 0.126. The predicted molar refractivity (Wildman–Crippen MR) is 129 cm³/mol. The van der Waals surface area contributed by atoms with E-state index >= 15 is 0 Å². The highest BCUT2D eigenvalue weighted by Crippen LogP contribution is 2.31. The molecule has 2 aromatic carbocycles. The Morgan fingerprint density at radius 1 is 1.10 bits per heavy atom. The van der Waals surface area contributed by atoms with Crippen LogP contribution >= 0.6 is 22.9 Å². The lowest BCUT2D eigenvalue weighted by molar-refractivity contribution is -0.114. The van der Waals surface area contributed by atoms with Crippen molar-refractivity contribution in [2.45, 2.75) is 6.42 Å². The van der Waals surface area contributed by atoms with E-state index in [0.717, 1.165) is 28.7 Å². The van der Waals surface area contributed by atoms with Gasteiger partial charge in [-0.05, 0) is 69.0 Å². The lowest BCUT2D eigenvalue weighted by Gasteiger charge is -2.19. The maximum absolute atomic E-state index is 13.1. The molecule has 0 aliphatic heterocycles. The lowest BCUT2D eigenvalue weighted by atomic mass is 10.2. The summed E-state index contributed by atoms with van der Waals surface area (Å²) in [7, 11) is 7.21. The molecule has 0 saturated carbocycles. The lowest BCUT2D eigenvalue weighted by Crippen LogP contribution is -2.32. The number of thiazole rings is 1. The smallest absolute Gasteiger partial charge is 0.252 e. The third kappa shape index (κ3) is 5.97. The number of benzene rings is 2. The number of rotatable bonds is 9. The molecule has 1 aromatic heterocycles. The van der Waals surface area contributed by atoms with Gasteiger partial charge in [-0.2, -0.15) is 0 Å². The molecular weight excluding hydrogens is 434 g/mol. The fraction of sp³-hybridized carbons (Fsp3) is 0.304. The average molecular weight is 460 g/mol. The number of nitrogens with zero attached hydrogens (tertiary/aromatic N) is 3. The number of anilines is 1. The summed E-state index contributed by atoms with van der Waals surface area (Å²) in [4.78, 5) is 21.6. The van der Waals surface area contributed by atoms with Crippen LogP contribution in [0.3, 0.4) is 0 Å². The standard InChI is InChI=1S/C23H26ClN3O3S/c1-26(2)12-5-13-27(23-25-18-9-8-17(24)15-21(18)31-23)22(28)11-7-16-6-10-19(29-3)20(14-16)30-4/h6-11,14-15H,5,12-13H2,1-4H3/b11-7+. The fourth-order valence-corrected chi connectivity index (χ4v) is 4.33. The van der Waals surface area contributed by atoms with Gasteiger partial charge in [0.2, 0.25) is 0 Å². The first-order valence-corrected chi connectivity index (χ1v) is 11.0. The molecule has 0 aliphatic carbocycles. The van der Waals surface area contributed by atoms with Crippen molar-refractivity contribution in [3.63, 3.8) is 0 Å². The van der Waals surface area contributed by atoms with Crippen LogP contribution in [0.15, 0.2) is 42.5 Å². The van der Waals surface area contributed by atoms with Crippen molar-refractivity contribution in [3.8, 4) is 11.5 Å². The van der Waals surface area contributed by atoms with E-state index < -0.39 is 0 Å². The number of carbonyl (C=O) groups excluding carboxylic acids is 1. The average Bonchev–Trinajstić information content (AvgIpc) is 3.17. The van der Waals surface area contributed by atoms with Gasteiger partial charge in [0.15, 0.2) is 16.6 Å². The highest BCUT2D eigenvalue weighted by molar-refractivity contribution is 7.22. The molecule has 6 nitrogen and oxygen atoms in total. The second-order valence-corrected chi connectivity index (χ2v) is 8.65. The molecule has 1 heterocycles. The van der Waals surface area contributed by atoms with Crippen molar-refractivity contribution in [3.05, 3.63) is 53.1 Å². The van der Waals surface area contributed by atoms with E-state index in [9.17, 15) is 4.79 Å². The summed E-state index contributed by atoms with van der Waals surface area (Å²) in [5, 5.41) is 1.32. The summed E-state index contributed by atoms with van der Waals surface area (Å²) >= 11 is 7.58. The van der Waals surface area contributed by atoms with Gasteiger partial charge in [-0.1, -0.05) is 29.0 Å². The zero-order chi connectivity index (χ0) is 22.4. The third-order valence-electron chi connectivity index (χ3n) is 4.65. The first-order valence-electron chi connectivity index (χ1n) is 9.83. The van der Waals surface area contributed by atoms with Crippen molar-refractivity contribution in [2.75, 3.05) is 46.3 Å². The summed E-state index contributed by atoms with van der Waals surface area (Å²) in [5.41, 5.74) is 1.68. The number of aromatic nitrogens is 1. The molecule has 0 fully saturated rings. The Labute approximate surface area is 191 Å². The molecule has 164 valence electrons. The maximum Gasteiger partial charge on any atom is 0.252 e. The van der Waals surface area contributed by atoms with E-state index in [1.54, 1.807) is 31.3 Å². The van der Waals surface area contributed by atoms with Crippen LogP contribution in [0.4, 0.5) is 5.13 Å². The van der Waals surface area contributed by atoms with Crippen molar-refractivity contribution < 1.29 is 14.3 Å². The second-order valence-electron chi connectivity index (χ2n) is 7.20. The number of halogens is 1. The van der Waals surface area contributed by atoms with Crippen LogP contribution < -0.4 is 14.4 Å². The zero-order valence-corrected chi connectivity index (χ0v) is 19.7. The quantitative estimate of drug-likeness (QED) is 0.423. The van der Waals surface area contributed by atoms with Gasteiger partial charge in [0, 0.05) is 17.6 Å². The van der Waals surface area contributed by atoms with E-state index in [0.29, 0.717) is 28.2 Å². The number of ether oxygens (including phenoxy) is 2. The molecule has 0 spiro atoms. The molecular formula is C23H26ClN3O3S. The topological polar surface area (TPSA) is 54.9 Å². The molecule has 0 bridgehead atoms. The number of hydrogen-bond acceptors (Lipinski definition) is 6. The minimum atomic E-state index is -0.126. The molecule has 0 radical (unpaired) electrons. The summed E-state index contributed by atoms with van der Waals surface area (Å²) in [5.74, 6) is 1.13. The summed E-state index contributed by atoms with van der Waals surface area (Å²) < 4.78 is 11.6. The predicted octanol–water partition coefficient (Wildman–Crippen LogP) is 4.97. The minimum Gasteiger partial charge on any atom is -0.493 e. The van der Waals surface area contributed by atoms with Gasteiger partial charge in [0.25, 0.3) is 5.91 Å². The van der Waals surface area contributed by atoms with Crippen molar-refractivity contribution in [2.24, 2.45) is 0 Å². The summed E-state index contributed by atoms with van der Waals surface area (Å²) in [6.07, 6.45) is 4.17. The highest BCUT2D eigenvalue weighted by atomic mass is 35.5. The van der Waals surface area contributed by atoms with Gasteiger partial charge < -0.3 is 14.4 Å². The molecule has 0 unspecified atom stereocenters. The van der Waals surface area contributed by atoms with Crippen LogP contribution in [-0.4, -0.2) is 57.2 Å². The highest BCUT2D eigenvalue weighted by Gasteiger charge is 2.18. The van der Waals surface area contributed by atoms with E-state index in [-0.39, 0.29) is 5.91 Å². The van der Waals surface area contributed by atoms with Crippen LogP contribution in [0.1, 0.15) is 12.0 Å². The van der Waals surface area contributed by atoms with Crippen molar-refractivity contribution >= 4 is 50.3 Å². The molecule has 1 amide bonds. The molecule has 8 heteroatoms. The maximum atomic E-state index is 13.1. The van der Waals surface area contributed by atoms with E-state index in [4.69, 9.17) is 21.1 Å². The van der Waals surface area contributed by atoms with Crippen LogP contribution in [0.5, 0.6) is 11.5 Å². The number of carbonyl (C=O) groups is 1. The molecule has 3 rings (SSSR count). The van der Waals surface area contributed by atoms with Gasteiger partial charge in [0.1, 0.15) is 0 Å². The van der Waals surface area contributed by atoms with Crippen LogP contribution in [-0.2, 0) is 4.79 Å². The van der Waals surface area contributed by atoms with Gasteiger partial charge in [-0.3, -0.25) is 9.69 Å². The van der Waals surface area contributed by atoms with E-state index in [1.807, 2.05) is 50.5 Å². The van der Waals surface area contributed by atoms with Crippen LogP contribution in [0.25, 0.3) is 16.3 Å². The summed E-state index contributed by atoms with van der Waals surface area (Å²) in [6.45, 7) is 1.45. The largest absolute Gasteiger partial charge is 0.493 e. The molecule has 31 heavy (non-hydrogen) atoms. The normalized spacial score (nSPS) is 11.4. The first kappa shape index (κ1) is 23.1. The number of methoxy groups -OCH3 is 2. The van der Waals surface area contributed by atoms with Crippen molar-refractivity contribution in [1.82, 2.24) is 9.88 Å². The van der Waals surface area contributed by atoms with Crippen LogP contribution in [0.2, 0.25) is 5.02 Å². The Morgan fingerprint density at radius 2 is 1.87 bits per heavy atom. The van der Waals surface area contributed by atoms with Gasteiger partial charge in [-0.25, -0.2) is 4.98 Å². The van der Waals surface area contributed by atoms with Gasteiger partial charge >= 0.3 is 0 Å².